The van der Waals surface area contributed by atoms with Crippen LogP contribution in [0.25, 0.3) is 11.4 Å². The van der Waals surface area contributed by atoms with Crippen molar-refractivity contribution in [3.05, 3.63) is 29.9 Å². The van der Waals surface area contributed by atoms with E-state index < -0.39 is 0 Å². The van der Waals surface area contributed by atoms with Crippen LogP contribution in [0, 0.1) is 12.8 Å². The van der Waals surface area contributed by atoms with E-state index >= 15 is 0 Å². The number of rotatable bonds is 3. The van der Waals surface area contributed by atoms with Gasteiger partial charge >= 0.3 is 0 Å². The number of aryl methyl sites for hydroxylation is 1. The van der Waals surface area contributed by atoms with Gasteiger partial charge in [-0.3, -0.25) is 4.98 Å². The van der Waals surface area contributed by atoms with Crippen molar-refractivity contribution in [3.8, 4) is 11.4 Å². The van der Waals surface area contributed by atoms with Crippen LogP contribution in [0.4, 0.5) is 0 Å². The molecule has 0 spiro atoms. The first-order valence-corrected chi connectivity index (χ1v) is 6.21. The Hall–Kier alpha value is -1.75. The summed E-state index contributed by atoms with van der Waals surface area (Å²) in [5.74, 6) is 2.31. The molecule has 1 unspecified atom stereocenters. The normalized spacial score (nSPS) is 17.4. The molecule has 18 heavy (non-hydrogen) atoms. The number of hydrogen-bond acceptors (Lipinski definition) is 5. The van der Waals surface area contributed by atoms with Gasteiger partial charge in [0.05, 0.1) is 0 Å². The third kappa shape index (κ3) is 1.90. The van der Waals surface area contributed by atoms with Crippen LogP contribution in [-0.2, 0) is 0 Å². The quantitative estimate of drug-likeness (QED) is 0.891. The number of nitrogens with one attached hydrogen (secondary N) is 1. The van der Waals surface area contributed by atoms with Gasteiger partial charge in [-0.05, 0) is 37.6 Å². The molecule has 0 bridgehead atoms. The topological polar surface area (TPSA) is 63.8 Å². The highest BCUT2D eigenvalue weighted by atomic mass is 16.5. The van der Waals surface area contributed by atoms with E-state index in [-0.39, 0.29) is 0 Å². The van der Waals surface area contributed by atoms with Gasteiger partial charge in [0.25, 0.3) is 0 Å². The van der Waals surface area contributed by atoms with Crippen molar-refractivity contribution >= 4 is 0 Å². The Kier molecular flexibility index (Phi) is 2.83. The smallest absolute Gasteiger partial charge is 0.230 e. The lowest BCUT2D eigenvalue weighted by molar-refractivity contribution is 0.252. The highest BCUT2D eigenvalue weighted by Gasteiger charge is 2.28. The van der Waals surface area contributed by atoms with Gasteiger partial charge < -0.3 is 9.84 Å². The fourth-order valence-corrected chi connectivity index (χ4v) is 2.12. The minimum absolute atomic E-state index is 0.314. The van der Waals surface area contributed by atoms with E-state index in [2.05, 4.69) is 27.4 Å². The molecule has 0 aromatic carbocycles. The zero-order valence-electron chi connectivity index (χ0n) is 10.6. The predicted molar refractivity (Wildman–Crippen MR) is 67.0 cm³/mol. The van der Waals surface area contributed by atoms with E-state index in [1.807, 2.05) is 19.2 Å². The maximum absolute atomic E-state index is 5.38. The first-order chi connectivity index (χ1) is 8.75. The molecule has 3 heterocycles. The summed E-state index contributed by atoms with van der Waals surface area (Å²) in [5, 5.41) is 7.34. The van der Waals surface area contributed by atoms with E-state index in [0.717, 1.165) is 30.1 Å². The standard InChI is InChI=1S/C13H16N4O/c1-8-5-14-4-3-11(8)12-16-13(18-17-12)9(2)10-6-15-7-10/h3-5,9-10,15H,6-7H2,1-2H3. The molecule has 94 valence electrons. The average molecular weight is 244 g/mol. The molecule has 1 N–H and O–H groups in total. The molecule has 3 rings (SSSR count). The summed E-state index contributed by atoms with van der Waals surface area (Å²) in [6, 6.07) is 1.92. The molecular formula is C13H16N4O. The lowest BCUT2D eigenvalue weighted by atomic mass is 9.89. The molecule has 0 radical (unpaired) electrons. The third-order valence-corrected chi connectivity index (χ3v) is 3.61. The second-order valence-electron chi connectivity index (χ2n) is 4.85. The molecule has 1 fully saturated rings. The molecule has 1 aliphatic rings. The van der Waals surface area contributed by atoms with Crippen molar-refractivity contribution in [1.82, 2.24) is 20.4 Å². The van der Waals surface area contributed by atoms with Gasteiger partial charge in [-0.25, -0.2) is 0 Å². The molecule has 0 amide bonds. The molecule has 0 aliphatic carbocycles. The van der Waals surface area contributed by atoms with Gasteiger partial charge in [0.15, 0.2) is 0 Å². The van der Waals surface area contributed by atoms with Gasteiger partial charge in [0, 0.05) is 23.9 Å². The van der Waals surface area contributed by atoms with Crippen LogP contribution >= 0.6 is 0 Å². The van der Waals surface area contributed by atoms with Crippen LogP contribution in [0.1, 0.15) is 24.3 Å². The largest absolute Gasteiger partial charge is 0.339 e. The molecule has 5 heteroatoms. The summed E-state index contributed by atoms with van der Waals surface area (Å²) in [7, 11) is 0. The average Bonchev–Trinajstić information content (AvgIpc) is 2.76. The summed E-state index contributed by atoms with van der Waals surface area (Å²) >= 11 is 0. The van der Waals surface area contributed by atoms with E-state index in [1.54, 1.807) is 6.20 Å². The predicted octanol–water partition coefficient (Wildman–Crippen LogP) is 1.76. The Balaban J connectivity index is 1.87. The molecule has 1 saturated heterocycles. The number of pyridine rings is 1. The molecular weight excluding hydrogens is 228 g/mol. The Morgan fingerprint density at radius 1 is 1.44 bits per heavy atom. The highest BCUT2D eigenvalue weighted by molar-refractivity contribution is 5.57. The van der Waals surface area contributed by atoms with E-state index in [1.165, 1.54) is 0 Å². The summed E-state index contributed by atoms with van der Waals surface area (Å²) in [6.07, 6.45) is 3.56. The van der Waals surface area contributed by atoms with Crippen molar-refractivity contribution in [2.24, 2.45) is 5.92 Å². The second kappa shape index (κ2) is 4.49. The zero-order valence-corrected chi connectivity index (χ0v) is 10.6. The summed E-state index contributed by atoms with van der Waals surface area (Å²) in [6.45, 7) is 6.21. The SMILES string of the molecule is Cc1cnccc1-c1noc(C(C)C2CNC2)n1. The maximum Gasteiger partial charge on any atom is 0.230 e. The van der Waals surface area contributed by atoms with Gasteiger partial charge in [-0.1, -0.05) is 12.1 Å². The zero-order chi connectivity index (χ0) is 12.5. The molecule has 1 aliphatic heterocycles. The minimum Gasteiger partial charge on any atom is -0.339 e. The van der Waals surface area contributed by atoms with Crippen molar-refractivity contribution < 1.29 is 4.52 Å². The van der Waals surface area contributed by atoms with Crippen LogP contribution < -0.4 is 5.32 Å². The summed E-state index contributed by atoms with van der Waals surface area (Å²) < 4.78 is 5.38. The maximum atomic E-state index is 5.38. The number of hydrogen-bond donors (Lipinski definition) is 1. The van der Waals surface area contributed by atoms with E-state index in [9.17, 15) is 0 Å². The second-order valence-corrected chi connectivity index (χ2v) is 4.85. The first-order valence-electron chi connectivity index (χ1n) is 6.21. The van der Waals surface area contributed by atoms with Gasteiger partial charge in [-0.15, -0.1) is 0 Å². The number of aromatic nitrogens is 3. The van der Waals surface area contributed by atoms with Crippen LogP contribution in [0.5, 0.6) is 0 Å². The van der Waals surface area contributed by atoms with Crippen LogP contribution in [0.15, 0.2) is 23.0 Å². The Bertz CT molecular complexity index is 547. The number of nitrogens with zero attached hydrogens (tertiary/aromatic N) is 3. The fourth-order valence-electron chi connectivity index (χ4n) is 2.12. The lowest BCUT2D eigenvalue weighted by Gasteiger charge is -2.30. The van der Waals surface area contributed by atoms with Crippen molar-refractivity contribution in [3.63, 3.8) is 0 Å². The highest BCUT2D eigenvalue weighted by Crippen LogP contribution is 2.28. The van der Waals surface area contributed by atoms with Gasteiger partial charge in [0.2, 0.25) is 11.7 Å². The van der Waals surface area contributed by atoms with Crippen LogP contribution in [0.2, 0.25) is 0 Å². The van der Waals surface area contributed by atoms with Crippen LogP contribution in [-0.4, -0.2) is 28.2 Å². The Morgan fingerprint density at radius 3 is 2.94 bits per heavy atom. The third-order valence-electron chi connectivity index (χ3n) is 3.61. The molecule has 0 saturated carbocycles. The molecule has 5 nitrogen and oxygen atoms in total. The van der Waals surface area contributed by atoms with Gasteiger partial charge in [0.1, 0.15) is 0 Å². The van der Waals surface area contributed by atoms with Crippen LogP contribution in [0.3, 0.4) is 0 Å². The summed E-state index contributed by atoms with van der Waals surface area (Å²) in [4.78, 5) is 8.58. The molecule has 2 aromatic heterocycles. The van der Waals surface area contributed by atoms with Crippen molar-refractivity contribution in [1.29, 1.82) is 0 Å². The minimum atomic E-state index is 0.314. The van der Waals surface area contributed by atoms with E-state index in [0.29, 0.717) is 17.7 Å². The van der Waals surface area contributed by atoms with E-state index in [4.69, 9.17) is 4.52 Å². The lowest BCUT2D eigenvalue weighted by Crippen LogP contribution is -2.44. The van der Waals surface area contributed by atoms with Crippen molar-refractivity contribution in [2.45, 2.75) is 19.8 Å². The molecule has 1 atom stereocenters. The molecule has 2 aromatic rings. The Morgan fingerprint density at radius 2 is 2.28 bits per heavy atom. The fraction of sp³-hybridized carbons (Fsp3) is 0.462. The van der Waals surface area contributed by atoms with Crippen molar-refractivity contribution in [2.75, 3.05) is 13.1 Å². The first kappa shape index (κ1) is 11.3. The van der Waals surface area contributed by atoms with Gasteiger partial charge in [-0.2, -0.15) is 4.98 Å². The summed E-state index contributed by atoms with van der Waals surface area (Å²) in [5.41, 5.74) is 2.04. The monoisotopic (exact) mass is 244 g/mol. The Labute approximate surface area is 106 Å².